The Morgan fingerprint density at radius 3 is 2.67 bits per heavy atom. The molecule has 0 fully saturated rings. The molecule has 0 aromatic heterocycles. The summed E-state index contributed by atoms with van der Waals surface area (Å²) in [7, 11) is 3.13. The minimum Gasteiger partial charge on any atom is -0.465 e. The van der Waals surface area contributed by atoms with E-state index in [0.717, 1.165) is 5.56 Å². The van der Waals surface area contributed by atoms with Crippen molar-refractivity contribution in [2.45, 2.75) is 6.54 Å². The van der Waals surface area contributed by atoms with Gasteiger partial charge in [-0.05, 0) is 29.8 Å². The molecule has 110 valence electrons. The van der Waals surface area contributed by atoms with Crippen molar-refractivity contribution in [2.24, 2.45) is 0 Å². The van der Waals surface area contributed by atoms with E-state index in [0.29, 0.717) is 23.5 Å². The second kappa shape index (κ2) is 6.26. The monoisotopic (exact) mass is 288 g/mol. The van der Waals surface area contributed by atoms with Crippen LogP contribution in [0.5, 0.6) is 0 Å². The van der Waals surface area contributed by atoms with Crippen molar-refractivity contribution in [2.75, 3.05) is 24.8 Å². The molecule has 2 aromatic carbocycles. The lowest BCUT2D eigenvalue weighted by Gasteiger charge is -2.21. The third-order valence-corrected chi connectivity index (χ3v) is 3.23. The maximum absolute atomic E-state index is 13.3. The predicted molar refractivity (Wildman–Crippen MR) is 80.7 cm³/mol. The standard InChI is InChI=1S/C16H17FN2O2/c1-19(13-7-4-6-12(17)9-13)10-11-5-3-8-14(18)15(11)16(20)21-2/h3-9H,10,18H2,1-2H3. The molecule has 0 heterocycles. The van der Waals surface area contributed by atoms with Crippen LogP contribution in [-0.2, 0) is 11.3 Å². The molecule has 0 bridgehead atoms. The molecule has 2 N–H and O–H groups in total. The molecular weight excluding hydrogens is 271 g/mol. The number of anilines is 2. The van der Waals surface area contributed by atoms with Crippen LogP contribution in [0.3, 0.4) is 0 Å². The van der Waals surface area contributed by atoms with Crippen LogP contribution in [0.25, 0.3) is 0 Å². The number of nitrogens with two attached hydrogens (primary N) is 1. The van der Waals surface area contributed by atoms with E-state index in [1.54, 1.807) is 30.3 Å². The smallest absolute Gasteiger partial charge is 0.340 e. The summed E-state index contributed by atoms with van der Waals surface area (Å²) >= 11 is 0. The summed E-state index contributed by atoms with van der Waals surface area (Å²) in [6, 6.07) is 11.5. The largest absolute Gasteiger partial charge is 0.465 e. The summed E-state index contributed by atoms with van der Waals surface area (Å²) in [4.78, 5) is 13.7. The topological polar surface area (TPSA) is 55.6 Å². The van der Waals surface area contributed by atoms with E-state index >= 15 is 0 Å². The predicted octanol–water partition coefficient (Wildman–Crippen LogP) is 2.83. The molecular formula is C16H17FN2O2. The van der Waals surface area contributed by atoms with Gasteiger partial charge in [-0.25, -0.2) is 9.18 Å². The Labute approximate surface area is 122 Å². The highest BCUT2D eigenvalue weighted by molar-refractivity contribution is 5.96. The zero-order chi connectivity index (χ0) is 15.4. The minimum absolute atomic E-state index is 0.305. The van der Waals surface area contributed by atoms with Crippen molar-refractivity contribution in [3.8, 4) is 0 Å². The molecule has 0 amide bonds. The van der Waals surface area contributed by atoms with Crippen molar-refractivity contribution in [3.05, 3.63) is 59.4 Å². The van der Waals surface area contributed by atoms with Gasteiger partial charge in [-0.1, -0.05) is 18.2 Å². The van der Waals surface area contributed by atoms with Crippen molar-refractivity contribution >= 4 is 17.3 Å². The lowest BCUT2D eigenvalue weighted by atomic mass is 10.0. The van der Waals surface area contributed by atoms with Gasteiger partial charge in [0.05, 0.1) is 12.7 Å². The Balaban J connectivity index is 2.31. The molecule has 2 rings (SSSR count). The van der Waals surface area contributed by atoms with Crippen molar-refractivity contribution in [3.63, 3.8) is 0 Å². The van der Waals surface area contributed by atoms with Gasteiger partial charge in [0.15, 0.2) is 0 Å². The number of ether oxygens (including phenoxy) is 1. The summed E-state index contributed by atoms with van der Waals surface area (Å²) in [6.07, 6.45) is 0. The van der Waals surface area contributed by atoms with Crippen LogP contribution in [-0.4, -0.2) is 20.1 Å². The van der Waals surface area contributed by atoms with Gasteiger partial charge in [-0.2, -0.15) is 0 Å². The quantitative estimate of drug-likeness (QED) is 0.694. The first kappa shape index (κ1) is 14.8. The highest BCUT2D eigenvalue weighted by Crippen LogP contribution is 2.22. The Hall–Kier alpha value is -2.56. The third kappa shape index (κ3) is 3.31. The van der Waals surface area contributed by atoms with Gasteiger partial charge in [0.25, 0.3) is 0 Å². The number of carbonyl (C=O) groups is 1. The Kier molecular flexibility index (Phi) is 4.42. The fraction of sp³-hybridized carbons (Fsp3) is 0.188. The Morgan fingerprint density at radius 1 is 1.29 bits per heavy atom. The summed E-state index contributed by atoms with van der Waals surface area (Å²) in [5, 5.41) is 0. The van der Waals surface area contributed by atoms with Gasteiger partial charge in [0.2, 0.25) is 0 Å². The zero-order valence-corrected chi connectivity index (χ0v) is 12.0. The first-order chi connectivity index (χ1) is 10.0. The van der Waals surface area contributed by atoms with Gasteiger partial charge < -0.3 is 15.4 Å². The normalized spacial score (nSPS) is 10.2. The molecule has 21 heavy (non-hydrogen) atoms. The van der Waals surface area contributed by atoms with Crippen molar-refractivity contribution < 1.29 is 13.9 Å². The van der Waals surface area contributed by atoms with Crippen molar-refractivity contribution in [1.82, 2.24) is 0 Å². The third-order valence-electron chi connectivity index (χ3n) is 3.23. The highest BCUT2D eigenvalue weighted by atomic mass is 19.1. The number of nitrogens with zero attached hydrogens (tertiary/aromatic N) is 1. The van der Waals surface area contributed by atoms with E-state index in [2.05, 4.69) is 0 Å². The summed E-state index contributed by atoms with van der Waals surface area (Å²) in [6.45, 7) is 0.416. The lowest BCUT2D eigenvalue weighted by molar-refractivity contribution is 0.0600. The molecule has 0 saturated carbocycles. The molecule has 5 heteroatoms. The Bertz CT molecular complexity index is 658. The first-order valence-corrected chi connectivity index (χ1v) is 6.45. The molecule has 0 aliphatic carbocycles. The zero-order valence-electron chi connectivity index (χ0n) is 12.0. The maximum atomic E-state index is 13.3. The fourth-order valence-corrected chi connectivity index (χ4v) is 2.16. The van der Waals surface area contributed by atoms with Gasteiger partial charge >= 0.3 is 5.97 Å². The molecule has 0 aliphatic rings. The van der Waals surface area contributed by atoms with Gasteiger partial charge in [0, 0.05) is 25.0 Å². The highest BCUT2D eigenvalue weighted by Gasteiger charge is 2.16. The van der Waals surface area contributed by atoms with E-state index in [-0.39, 0.29) is 5.82 Å². The lowest BCUT2D eigenvalue weighted by Crippen LogP contribution is -2.20. The summed E-state index contributed by atoms with van der Waals surface area (Å²) in [5.41, 5.74) is 8.02. The molecule has 0 aliphatic heterocycles. The number of rotatable bonds is 4. The van der Waals surface area contributed by atoms with Gasteiger partial charge in [0.1, 0.15) is 5.82 Å². The van der Waals surface area contributed by atoms with Crippen LogP contribution in [0.15, 0.2) is 42.5 Å². The molecule has 2 aromatic rings. The number of methoxy groups -OCH3 is 1. The van der Waals surface area contributed by atoms with Crippen LogP contribution in [0, 0.1) is 5.82 Å². The van der Waals surface area contributed by atoms with E-state index in [9.17, 15) is 9.18 Å². The van der Waals surface area contributed by atoms with Crippen LogP contribution in [0.4, 0.5) is 15.8 Å². The molecule has 0 unspecified atom stereocenters. The SMILES string of the molecule is COC(=O)c1c(N)cccc1CN(C)c1cccc(F)c1. The van der Waals surface area contributed by atoms with Crippen LogP contribution >= 0.6 is 0 Å². The summed E-state index contributed by atoms with van der Waals surface area (Å²) < 4.78 is 18.0. The van der Waals surface area contributed by atoms with E-state index in [1.165, 1.54) is 19.2 Å². The molecule has 0 atom stereocenters. The van der Waals surface area contributed by atoms with E-state index in [1.807, 2.05) is 11.9 Å². The number of halogens is 1. The number of carbonyl (C=O) groups excluding carboxylic acids is 1. The van der Waals surface area contributed by atoms with E-state index < -0.39 is 5.97 Å². The first-order valence-electron chi connectivity index (χ1n) is 6.45. The fourth-order valence-electron chi connectivity index (χ4n) is 2.16. The number of hydrogen-bond acceptors (Lipinski definition) is 4. The average molecular weight is 288 g/mol. The van der Waals surface area contributed by atoms with Gasteiger partial charge in [-0.3, -0.25) is 0 Å². The van der Waals surface area contributed by atoms with Crippen molar-refractivity contribution in [1.29, 1.82) is 0 Å². The molecule has 0 spiro atoms. The van der Waals surface area contributed by atoms with Gasteiger partial charge in [-0.15, -0.1) is 0 Å². The number of esters is 1. The average Bonchev–Trinajstić information content (AvgIpc) is 2.46. The molecule has 0 saturated heterocycles. The van der Waals surface area contributed by atoms with Crippen LogP contribution < -0.4 is 10.6 Å². The molecule has 4 nitrogen and oxygen atoms in total. The maximum Gasteiger partial charge on any atom is 0.340 e. The minimum atomic E-state index is -0.476. The molecule has 0 radical (unpaired) electrons. The number of benzene rings is 2. The second-order valence-electron chi connectivity index (χ2n) is 4.71. The van der Waals surface area contributed by atoms with E-state index in [4.69, 9.17) is 10.5 Å². The van der Waals surface area contributed by atoms with Crippen LogP contribution in [0.2, 0.25) is 0 Å². The number of nitrogen functional groups attached to an aromatic ring is 1. The van der Waals surface area contributed by atoms with Crippen LogP contribution in [0.1, 0.15) is 15.9 Å². The Morgan fingerprint density at radius 2 is 2.00 bits per heavy atom. The number of hydrogen-bond donors (Lipinski definition) is 1. The second-order valence-corrected chi connectivity index (χ2v) is 4.71. The summed E-state index contributed by atoms with van der Waals surface area (Å²) in [5.74, 6) is -0.782.